The van der Waals surface area contributed by atoms with Gasteiger partial charge in [-0.25, -0.2) is 4.39 Å². The lowest BCUT2D eigenvalue weighted by Gasteiger charge is -2.21. The van der Waals surface area contributed by atoms with Crippen molar-refractivity contribution in [3.63, 3.8) is 0 Å². The monoisotopic (exact) mass is 354 g/mol. The highest BCUT2D eigenvalue weighted by molar-refractivity contribution is 6.03. The number of nitrogens with zero attached hydrogens (tertiary/aromatic N) is 1. The first-order valence-corrected chi connectivity index (χ1v) is 9.24. The molecule has 0 spiro atoms. The van der Waals surface area contributed by atoms with E-state index in [2.05, 4.69) is 17.1 Å². The molecule has 1 aromatic carbocycles. The van der Waals surface area contributed by atoms with Gasteiger partial charge >= 0.3 is 0 Å². The first-order valence-electron chi connectivity index (χ1n) is 9.24. The van der Waals surface area contributed by atoms with E-state index in [-0.39, 0.29) is 11.6 Å². The fourth-order valence-electron chi connectivity index (χ4n) is 3.56. The van der Waals surface area contributed by atoms with Gasteiger partial charge in [0.2, 0.25) is 5.91 Å². The van der Waals surface area contributed by atoms with Crippen molar-refractivity contribution in [3.8, 4) is 0 Å². The molecule has 5 heteroatoms. The molecule has 4 nitrogen and oxygen atoms in total. The van der Waals surface area contributed by atoms with Crippen molar-refractivity contribution in [2.24, 2.45) is 5.92 Å². The summed E-state index contributed by atoms with van der Waals surface area (Å²) in [5.41, 5.74) is 0.989. The Morgan fingerprint density at radius 3 is 2.77 bits per heavy atom. The number of nitrogens with one attached hydrogen (secondary N) is 1. The highest BCUT2D eigenvalue weighted by Gasteiger charge is 2.36. The van der Waals surface area contributed by atoms with Crippen molar-refractivity contribution in [2.75, 3.05) is 23.3 Å². The summed E-state index contributed by atoms with van der Waals surface area (Å²) in [5.74, 6) is 2.01. The Kier molecular flexibility index (Phi) is 4.53. The molecule has 0 bridgehead atoms. The van der Waals surface area contributed by atoms with E-state index >= 15 is 0 Å². The highest BCUT2D eigenvalue weighted by atomic mass is 19.1. The summed E-state index contributed by atoms with van der Waals surface area (Å²) in [7, 11) is 0. The number of anilines is 2. The Bertz CT molecular complexity index is 836. The summed E-state index contributed by atoms with van der Waals surface area (Å²) in [4.78, 5) is 14.4. The van der Waals surface area contributed by atoms with Gasteiger partial charge in [0.25, 0.3) is 0 Å². The zero-order valence-electron chi connectivity index (χ0n) is 14.9. The van der Waals surface area contributed by atoms with Gasteiger partial charge < -0.3 is 14.6 Å². The number of furan rings is 1. The third-order valence-electron chi connectivity index (χ3n) is 5.21. The van der Waals surface area contributed by atoms with Crippen molar-refractivity contribution >= 4 is 23.4 Å². The Morgan fingerprint density at radius 1 is 1.27 bits per heavy atom. The van der Waals surface area contributed by atoms with Crippen LogP contribution in [0.1, 0.15) is 43.6 Å². The standard InChI is InChI=1S/C21H23FN2O2/c1-14-13-16(14)19-9-7-15(26-19)8-10-20(25)23-21-17(22)5-4-6-18(21)24-11-2-3-12-24/h4-10,14,16H,2-3,11-13H2,1H3,(H,23,25)/b10-8+. The molecule has 1 amide bonds. The molecular weight excluding hydrogens is 331 g/mol. The topological polar surface area (TPSA) is 45.5 Å². The Labute approximate surface area is 152 Å². The minimum atomic E-state index is -0.417. The lowest BCUT2D eigenvalue weighted by Crippen LogP contribution is -2.21. The van der Waals surface area contributed by atoms with E-state index in [1.807, 2.05) is 18.2 Å². The number of carbonyl (C=O) groups excluding carboxylic acids is 1. The summed E-state index contributed by atoms with van der Waals surface area (Å²) in [6.07, 6.45) is 6.35. The molecule has 1 saturated heterocycles. The number of amides is 1. The quantitative estimate of drug-likeness (QED) is 0.785. The van der Waals surface area contributed by atoms with Gasteiger partial charge in [-0.2, -0.15) is 0 Å². The maximum absolute atomic E-state index is 14.3. The summed E-state index contributed by atoms with van der Waals surface area (Å²) < 4.78 is 20.0. The first-order chi connectivity index (χ1) is 12.6. The van der Waals surface area contributed by atoms with Gasteiger partial charge in [-0.1, -0.05) is 13.0 Å². The van der Waals surface area contributed by atoms with Gasteiger partial charge in [0.1, 0.15) is 23.0 Å². The number of para-hydroxylation sites is 1. The third kappa shape index (κ3) is 3.52. The van der Waals surface area contributed by atoms with Crippen molar-refractivity contribution in [1.29, 1.82) is 0 Å². The van der Waals surface area contributed by atoms with Crippen molar-refractivity contribution in [2.45, 2.75) is 32.1 Å². The van der Waals surface area contributed by atoms with E-state index in [9.17, 15) is 9.18 Å². The number of hydrogen-bond acceptors (Lipinski definition) is 3. The molecule has 26 heavy (non-hydrogen) atoms. The number of carbonyl (C=O) groups is 1. The molecule has 1 N–H and O–H groups in total. The van der Waals surface area contributed by atoms with Crippen LogP contribution in [0.5, 0.6) is 0 Å². The SMILES string of the molecule is CC1CC1c1ccc(/C=C/C(=O)Nc2c(F)cccc2N2CCCC2)o1. The van der Waals surface area contributed by atoms with E-state index in [4.69, 9.17) is 4.42 Å². The predicted octanol–water partition coefficient (Wildman–Crippen LogP) is 4.79. The first kappa shape index (κ1) is 16.9. The number of rotatable bonds is 5. The lowest BCUT2D eigenvalue weighted by atomic mass is 10.2. The molecule has 2 aromatic rings. The van der Waals surface area contributed by atoms with E-state index in [1.165, 1.54) is 12.1 Å². The number of halogens is 1. The van der Waals surface area contributed by atoms with Crippen LogP contribution in [0.4, 0.5) is 15.8 Å². The maximum Gasteiger partial charge on any atom is 0.248 e. The van der Waals surface area contributed by atoms with Crippen LogP contribution in [-0.4, -0.2) is 19.0 Å². The third-order valence-corrected chi connectivity index (χ3v) is 5.21. The zero-order chi connectivity index (χ0) is 18.1. The molecule has 0 radical (unpaired) electrons. The summed E-state index contributed by atoms with van der Waals surface area (Å²) in [5, 5.41) is 2.69. The second kappa shape index (κ2) is 6.98. The van der Waals surface area contributed by atoms with Gasteiger partial charge in [-0.15, -0.1) is 0 Å². The molecule has 1 aliphatic heterocycles. The Balaban J connectivity index is 1.45. The van der Waals surface area contributed by atoms with Crippen LogP contribution in [-0.2, 0) is 4.79 Å². The summed E-state index contributed by atoms with van der Waals surface area (Å²) in [6, 6.07) is 8.73. The maximum atomic E-state index is 14.3. The van der Waals surface area contributed by atoms with Gasteiger partial charge in [0.05, 0.1) is 5.69 Å². The van der Waals surface area contributed by atoms with Crippen LogP contribution >= 0.6 is 0 Å². The van der Waals surface area contributed by atoms with Gasteiger partial charge in [0, 0.05) is 25.1 Å². The van der Waals surface area contributed by atoms with Crippen LogP contribution in [0.2, 0.25) is 0 Å². The van der Waals surface area contributed by atoms with E-state index in [0.717, 1.165) is 43.8 Å². The minimum Gasteiger partial charge on any atom is -0.461 e. The highest BCUT2D eigenvalue weighted by Crippen LogP contribution is 2.47. The molecule has 4 rings (SSSR count). The molecule has 2 atom stereocenters. The zero-order valence-corrected chi connectivity index (χ0v) is 14.9. The molecule has 1 aliphatic carbocycles. The van der Waals surface area contributed by atoms with E-state index in [1.54, 1.807) is 12.1 Å². The normalized spacial score (nSPS) is 22.2. The van der Waals surface area contributed by atoms with Crippen LogP contribution in [0.3, 0.4) is 0 Å². The Hall–Kier alpha value is -2.56. The average Bonchev–Trinajstić information content (AvgIpc) is 3.07. The van der Waals surface area contributed by atoms with Gasteiger partial charge in [0.15, 0.2) is 0 Å². The molecule has 136 valence electrons. The van der Waals surface area contributed by atoms with Gasteiger partial charge in [-0.05, 0) is 55.5 Å². The lowest BCUT2D eigenvalue weighted by molar-refractivity contribution is -0.111. The minimum absolute atomic E-state index is 0.246. The van der Waals surface area contributed by atoms with Crippen LogP contribution in [0.15, 0.2) is 40.8 Å². The van der Waals surface area contributed by atoms with Crippen molar-refractivity contribution in [1.82, 2.24) is 0 Å². The van der Waals surface area contributed by atoms with Gasteiger partial charge in [-0.3, -0.25) is 4.79 Å². The fourth-order valence-corrected chi connectivity index (χ4v) is 3.56. The summed E-state index contributed by atoms with van der Waals surface area (Å²) in [6.45, 7) is 3.97. The molecule has 2 heterocycles. The second-order valence-electron chi connectivity index (χ2n) is 7.21. The molecule has 2 aliphatic rings. The van der Waals surface area contributed by atoms with E-state index < -0.39 is 5.82 Å². The molecule has 1 aromatic heterocycles. The van der Waals surface area contributed by atoms with Crippen LogP contribution in [0.25, 0.3) is 6.08 Å². The molecule has 2 unspecified atom stereocenters. The largest absolute Gasteiger partial charge is 0.461 e. The fraction of sp³-hybridized carbons (Fsp3) is 0.381. The number of hydrogen-bond donors (Lipinski definition) is 1. The molecular formula is C21H23FN2O2. The van der Waals surface area contributed by atoms with Crippen LogP contribution < -0.4 is 10.2 Å². The van der Waals surface area contributed by atoms with Crippen molar-refractivity contribution in [3.05, 3.63) is 53.7 Å². The molecule has 1 saturated carbocycles. The average molecular weight is 354 g/mol. The summed E-state index contributed by atoms with van der Waals surface area (Å²) >= 11 is 0. The van der Waals surface area contributed by atoms with Crippen molar-refractivity contribution < 1.29 is 13.6 Å². The Morgan fingerprint density at radius 2 is 2.04 bits per heavy atom. The second-order valence-corrected chi connectivity index (χ2v) is 7.21. The number of benzene rings is 1. The predicted molar refractivity (Wildman–Crippen MR) is 101 cm³/mol. The van der Waals surface area contributed by atoms with E-state index in [0.29, 0.717) is 17.6 Å². The smallest absolute Gasteiger partial charge is 0.248 e. The van der Waals surface area contributed by atoms with Crippen LogP contribution in [0, 0.1) is 11.7 Å². The molecule has 2 fully saturated rings.